The molecule has 24 heavy (non-hydrogen) atoms. The molecular weight excluding hydrogens is 306 g/mol. The number of carbonyl (C=O) groups excluding carboxylic acids is 1. The molecule has 0 spiro atoms. The van der Waals surface area contributed by atoms with Crippen LogP contribution in [0, 0.1) is 6.92 Å². The molecule has 0 saturated heterocycles. The van der Waals surface area contributed by atoms with E-state index in [9.17, 15) is 4.79 Å². The number of benzene rings is 2. The lowest BCUT2D eigenvalue weighted by Gasteiger charge is -2.23. The van der Waals surface area contributed by atoms with E-state index >= 15 is 0 Å². The minimum Gasteiger partial charge on any atom is -0.493 e. The molecule has 0 unspecified atom stereocenters. The van der Waals surface area contributed by atoms with E-state index < -0.39 is 0 Å². The van der Waals surface area contributed by atoms with Crippen molar-refractivity contribution in [2.24, 2.45) is 0 Å². The summed E-state index contributed by atoms with van der Waals surface area (Å²) >= 11 is 0. The van der Waals surface area contributed by atoms with E-state index in [0.29, 0.717) is 42.6 Å². The van der Waals surface area contributed by atoms with Gasteiger partial charge < -0.3 is 19.1 Å². The third-order valence-corrected chi connectivity index (χ3v) is 4.09. The van der Waals surface area contributed by atoms with Gasteiger partial charge in [0.25, 0.3) is 5.91 Å². The Morgan fingerprint density at radius 3 is 2.71 bits per heavy atom. The van der Waals surface area contributed by atoms with E-state index in [1.165, 1.54) is 0 Å². The van der Waals surface area contributed by atoms with E-state index in [-0.39, 0.29) is 5.91 Å². The molecule has 1 heterocycles. The zero-order valence-electron chi connectivity index (χ0n) is 14.2. The first-order chi connectivity index (χ1) is 11.6. The maximum absolute atomic E-state index is 12.8. The van der Waals surface area contributed by atoms with Gasteiger partial charge in [0, 0.05) is 19.2 Å². The Morgan fingerprint density at radius 2 is 1.96 bits per heavy atom. The molecule has 0 radical (unpaired) electrons. The van der Waals surface area contributed by atoms with Crippen molar-refractivity contribution in [1.29, 1.82) is 0 Å². The van der Waals surface area contributed by atoms with Crippen molar-refractivity contribution in [3.8, 4) is 17.2 Å². The van der Waals surface area contributed by atoms with E-state index in [1.807, 2.05) is 31.2 Å². The Bertz CT molecular complexity index is 740. The number of nitrogens with zero attached hydrogens (tertiary/aromatic N) is 1. The predicted molar refractivity (Wildman–Crippen MR) is 91.0 cm³/mol. The highest BCUT2D eigenvalue weighted by atomic mass is 16.6. The molecule has 0 aromatic heterocycles. The normalized spacial score (nSPS) is 12.6. The van der Waals surface area contributed by atoms with Gasteiger partial charge in [-0.05, 0) is 30.2 Å². The van der Waals surface area contributed by atoms with Crippen LogP contribution in [0.5, 0.6) is 17.2 Å². The predicted octanol–water partition coefficient (Wildman–Crippen LogP) is 3.05. The number of amides is 1. The number of fused-ring (bicyclic) bond motifs is 1. The van der Waals surface area contributed by atoms with E-state index in [1.54, 1.807) is 31.2 Å². The first kappa shape index (κ1) is 16.2. The van der Waals surface area contributed by atoms with Gasteiger partial charge >= 0.3 is 0 Å². The number of ether oxygens (including phenoxy) is 3. The van der Waals surface area contributed by atoms with E-state index in [0.717, 1.165) is 11.1 Å². The minimum absolute atomic E-state index is 0.0893. The Morgan fingerprint density at radius 1 is 1.21 bits per heavy atom. The molecule has 0 atom stereocenters. The van der Waals surface area contributed by atoms with Crippen molar-refractivity contribution in [2.45, 2.75) is 13.5 Å². The number of hydrogen-bond acceptors (Lipinski definition) is 4. The van der Waals surface area contributed by atoms with Crippen molar-refractivity contribution in [2.75, 3.05) is 27.4 Å². The molecule has 0 saturated carbocycles. The summed E-state index contributed by atoms with van der Waals surface area (Å²) in [5, 5.41) is 0. The van der Waals surface area contributed by atoms with Crippen LogP contribution in [-0.4, -0.2) is 38.2 Å². The van der Waals surface area contributed by atoms with Gasteiger partial charge in [0.2, 0.25) is 5.75 Å². The lowest BCUT2D eigenvalue weighted by atomic mass is 10.1. The topological polar surface area (TPSA) is 48.0 Å². The first-order valence-corrected chi connectivity index (χ1v) is 7.87. The Kier molecular flexibility index (Phi) is 4.60. The summed E-state index contributed by atoms with van der Waals surface area (Å²) in [5.74, 6) is 1.53. The quantitative estimate of drug-likeness (QED) is 0.866. The average molecular weight is 327 g/mol. The van der Waals surface area contributed by atoms with Crippen LogP contribution in [0.3, 0.4) is 0 Å². The summed E-state index contributed by atoms with van der Waals surface area (Å²) in [7, 11) is 3.34. The van der Waals surface area contributed by atoms with Gasteiger partial charge in [-0.15, -0.1) is 0 Å². The molecule has 5 heteroatoms. The van der Waals surface area contributed by atoms with Crippen LogP contribution < -0.4 is 14.2 Å². The molecule has 0 N–H and O–H groups in total. The van der Waals surface area contributed by atoms with Crippen LogP contribution in [0.25, 0.3) is 0 Å². The van der Waals surface area contributed by atoms with Gasteiger partial charge in [0.05, 0.1) is 7.11 Å². The number of methoxy groups -OCH3 is 1. The molecule has 2 aromatic rings. The van der Waals surface area contributed by atoms with Crippen molar-refractivity contribution >= 4 is 5.91 Å². The fourth-order valence-corrected chi connectivity index (χ4v) is 2.73. The van der Waals surface area contributed by atoms with Gasteiger partial charge in [0.15, 0.2) is 11.5 Å². The Hall–Kier alpha value is -2.69. The molecule has 1 aliphatic rings. The summed E-state index contributed by atoms with van der Waals surface area (Å²) in [5.41, 5.74) is 2.81. The maximum Gasteiger partial charge on any atom is 0.254 e. The molecule has 5 nitrogen and oxygen atoms in total. The second-order valence-electron chi connectivity index (χ2n) is 5.79. The molecule has 0 bridgehead atoms. The van der Waals surface area contributed by atoms with Gasteiger partial charge in [0.1, 0.15) is 13.2 Å². The van der Waals surface area contributed by atoms with Crippen LogP contribution in [0.15, 0.2) is 36.4 Å². The number of rotatable bonds is 4. The zero-order valence-corrected chi connectivity index (χ0v) is 14.2. The fraction of sp³-hybridized carbons (Fsp3) is 0.316. The largest absolute Gasteiger partial charge is 0.493 e. The molecule has 126 valence electrons. The monoisotopic (exact) mass is 327 g/mol. The molecule has 0 aliphatic carbocycles. The van der Waals surface area contributed by atoms with Crippen molar-refractivity contribution in [3.05, 3.63) is 53.1 Å². The van der Waals surface area contributed by atoms with Crippen LogP contribution >= 0.6 is 0 Å². The average Bonchev–Trinajstić information content (AvgIpc) is 2.62. The highest BCUT2D eigenvalue weighted by molar-refractivity contribution is 5.95. The molecule has 3 rings (SSSR count). The van der Waals surface area contributed by atoms with Crippen molar-refractivity contribution in [1.82, 2.24) is 4.90 Å². The summed E-state index contributed by atoms with van der Waals surface area (Å²) < 4.78 is 16.5. The molecule has 1 aliphatic heterocycles. The lowest BCUT2D eigenvalue weighted by molar-refractivity contribution is 0.0783. The van der Waals surface area contributed by atoms with Gasteiger partial charge in [-0.2, -0.15) is 0 Å². The molecule has 0 fully saturated rings. The van der Waals surface area contributed by atoms with Crippen molar-refractivity contribution < 1.29 is 19.0 Å². The fourth-order valence-electron chi connectivity index (χ4n) is 2.73. The van der Waals surface area contributed by atoms with Crippen molar-refractivity contribution in [3.63, 3.8) is 0 Å². The summed E-state index contributed by atoms with van der Waals surface area (Å²) in [4.78, 5) is 14.5. The zero-order chi connectivity index (χ0) is 17.1. The summed E-state index contributed by atoms with van der Waals surface area (Å²) in [6, 6.07) is 11.5. The molecular formula is C19H21NO4. The highest BCUT2D eigenvalue weighted by Crippen LogP contribution is 2.40. The second kappa shape index (κ2) is 6.83. The smallest absolute Gasteiger partial charge is 0.254 e. The lowest BCUT2D eigenvalue weighted by Crippen LogP contribution is -2.27. The molecule has 2 aromatic carbocycles. The third-order valence-electron chi connectivity index (χ3n) is 4.09. The van der Waals surface area contributed by atoms with Gasteiger partial charge in [-0.3, -0.25) is 4.79 Å². The molecule has 1 amide bonds. The standard InChI is InChI=1S/C19H21NO4/c1-13-6-4-5-7-14(13)12-20(2)19(21)15-10-16(22-3)18-17(11-15)23-8-9-24-18/h4-7,10-11H,8-9,12H2,1-3H3. The Balaban J connectivity index is 1.85. The maximum atomic E-state index is 12.8. The summed E-state index contributed by atoms with van der Waals surface area (Å²) in [6.07, 6.45) is 0. The SMILES string of the molecule is COc1cc(C(=O)N(C)Cc2ccccc2C)cc2c1OCCO2. The number of carbonyl (C=O) groups is 1. The first-order valence-electron chi connectivity index (χ1n) is 7.87. The minimum atomic E-state index is -0.0893. The number of aryl methyl sites for hydroxylation is 1. The van der Waals surface area contributed by atoms with Crippen LogP contribution in [0.4, 0.5) is 0 Å². The van der Waals surface area contributed by atoms with Crippen LogP contribution in [0.2, 0.25) is 0 Å². The van der Waals surface area contributed by atoms with Crippen LogP contribution in [-0.2, 0) is 6.54 Å². The number of hydrogen-bond donors (Lipinski definition) is 0. The van der Waals surface area contributed by atoms with Crippen LogP contribution in [0.1, 0.15) is 21.5 Å². The second-order valence-corrected chi connectivity index (χ2v) is 5.79. The van der Waals surface area contributed by atoms with E-state index in [4.69, 9.17) is 14.2 Å². The third kappa shape index (κ3) is 3.15. The van der Waals surface area contributed by atoms with E-state index in [2.05, 4.69) is 0 Å². The summed E-state index contributed by atoms with van der Waals surface area (Å²) in [6.45, 7) is 3.53. The highest BCUT2D eigenvalue weighted by Gasteiger charge is 2.22. The van der Waals surface area contributed by atoms with Gasteiger partial charge in [-0.1, -0.05) is 24.3 Å². The van der Waals surface area contributed by atoms with Gasteiger partial charge in [-0.25, -0.2) is 0 Å². The Labute approximate surface area is 141 Å².